The first-order valence-corrected chi connectivity index (χ1v) is 9.91. The average molecular weight is 502 g/mol. The summed E-state index contributed by atoms with van der Waals surface area (Å²) < 4.78 is 10.8. The minimum atomic E-state index is -0.360. The molecule has 0 saturated heterocycles. The van der Waals surface area contributed by atoms with Gasteiger partial charge in [-0.25, -0.2) is 4.79 Å². The van der Waals surface area contributed by atoms with Crippen LogP contribution in [0.4, 0.5) is 4.79 Å². The lowest BCUT2D eigenvalue weighted by Crippen LogP contribution is -2.43. The van der Waals surface area contributed by atoms with Gasteiger partial charge in [-0.05, 0) is 38.7 Å². The second-order valence-electron chi connectivity index (χ2n) is 6.90. The monoisotopic (exact) mass is 502 g/mol. The summed E-state index contributed by atoms with van der Waals surface area (Å²) in [7, 11) is 0. The highest BCUT2D eigenvalue weighted by molar-refractivity contribution is 14.0. The molecule has 2 unspecified atom stereocenters. The summed E-state index contributed by atoms with van der Waals surface area (Å²) in [6.45, 7) is 6.22. The molecule has 28 heavy (non-hydrogen) atoms. The van der Waals surface area contributed by atoms with E-state index in [-0.39, 0.29) is 42.2 Å². The lowest BCUT2D eigenvalue weighted by atomic mass is 10.0. The zero-order valence-corrected chi connectivity index (χ0v) is 18.9. The lowest BCUT2D eigenvalue weighted by Gasteiger charge is -2.28. The van der Waals surface area contributed by atoms with E-state index in [1.807, 2.05) is 32.0 Å². The number of aliphatic imine (C=N–C) groups is 1. The molecule has 0 spiro atoms. The number of nitrogens with zero attached hydrogens (tertiary/aromatic N) is 1. The molecule has 2 atom stereocenters. The van der Waals surface area contributed by atoms with Crippen LogP contribution in [0.1, 0.15) is 44.7 Å². The van der Waals surface area contributed by atoms with E-state index in [1.54, 1.807) is 0 Å². The number of ether oxygens (including phenoxy) is 2. The number of nitrogens with one attached hydrogen (secondary N) is 3. The van der Waals surface area contributed by atoms with E-state index < -0.39 is 0 Å². The molecule has 3 N–H and O–H groups in total. The minimum Gasteiger partial charge on any atom is -0.493 e. The van der Waals surface area contributed by atoms with Crippen molar-refractivity contribution in [3.63, 3.8) is 0 Å². The van der Waals surface area contributed by atoms with Crippen molar-refractivity contribution < 1.29 is 14.3 Å². The van der Waals surface area contributed by atoms with Crippen LogP contribution in [0.15, 0.2) is 29.3 Å². The Kier molecular flexibility index (Phi) is 9.14. The van der Waals surface area contributed by atoms with Crippen molar-refractivity contribution in [3.05, 3.63) is 29.8 Å². The summed E-state index contributed by atoms with van der Waals surface area (Å²) >= 11 is 0. The molecule has 1 aromatic carbocycles. The largest absolute Gasteiger partial charge is 0.493 e. The van der Waals surface area contributed by atoms with Crippen LogP contribution in [0.5, 0.6) is 5.75 Å². The van der Waals surface area contributed by atoms with Crippen molar-refractivity contribution in [2.24, 2.45) is 10.9 Å². The number of hydrogen-bond acceptors (Lipinski definition) is 4. The van der Waals surface area contributed by atoms with Crippen molar-refractivity contribution in [1.82, 2.24) is 16.0 Å². The molecule has 7 nitrogen and oxygen atoms in total. The third-order valence-electron chi connectivity index (χ3n) is 4.83. The van der Waals surface area contributed by atoms with Crippen LogP contribution in [-0.2, 0) is 4.74 Å². The highest BCUT2D eigenvalue weighted by Gasteiger charge is 2.32. The Morgan fingerprint density at radius 2 is 2.07 bits per heavy atom. The summed E-state index contributed by atoms with van der Waals surface area (Å²) in [4.78, 5) is 16.5. The van der Waals surface area contributed by atoms with Gasteiger partial charge in [0.2, 0.25) is 0 Å². The van der Waals surface area contributed by atoms with E-state index in [4.69, 9.17) is 14.5 Å². The van der Waals surface area contributed by atoms with Gasteiger partial charge in [-0.1, -0.05) is 18.2 Å². The van der Waals surface area contributed by atoms with E-state index in [0.717, 1.165) is 43.1 Å². The molecule has 1 aliphatic heterocycles. The third kappa shape index (κ3) is 6.42. The number of alkyl carbamates (subject to hydrolysis) is 1. The van der Waals surface area contributed by atoms with Crippen molar-refractivity contribution in [2.75, 3.05) is 26.3 Å². The molecular formula is C20H31IN4O3. The molecule has 1 fully saturated rings. The van der Waals surface area contributed by atoms with Crippen molar-refractivity contribution in [3.8, 4) is 5.75 Å². The number of para-hydroxylation sites is 1. The van der Waals surface area contributed by atoms with Crippen LogP contribution in [0.25, 0.3) is 0 Å². The van der Waals surface area contributed by atoms with Crippen LogP contribution in [-0.4, -0.2) is 44.4 Å². The molecule has 2 aliphatic rings. The van der Waals surface area contributed by atoms with Gasteiger partial charge in [0.15, 0.2) is 5.96 Å². The van der Waals surface area contributed by atoms with Gasteiger partial charge in [-0.15, -0.1) is 24.0 Å². The molecule has 0 bridgehead atoms. The molecule has 0 radical (unpaired) electrons. The molecule has 1 saturated carbocycles. The van der Waals surface area contributed by atoms with Gasteiger partial charge in [-0.3, -0.25) is 4.99 Å². The highest BCUT2D eigenvalue weighted by Crippen LogP contribution is 2.33. The van der Waals surface area contributed by atoms with Crippen LogP contribution in [0.2, 0.25) is 0 Å². The third-order valence-corrected chi connectivity index (χ3v) is 4.83. The number of halogens is 1. The smallest absolute Gasteiger partial charge is 0.407 e. The number of rotatable bonds is 7. The number of amides is 1. The van der Waals surface area contributed by atoms with Crippen LogP contribution >= 0.6 is 24.0 Å². The van der Waals surface area contributed by atoms with Gasteiger partial charge in [0.25, 0.3) is 0 Å². The van der Waals surface area contributed by atoms with Gasteiger partial charge in [0.05, 0.1) is 31.8 Å². The zero-order chi connectivity index (χ0) is 19.1. The fraction of sp³-hybridized carbons (Fsp3) is 0.600. The van der Waals surface area contributed by atoms with Gasteiger partial charge >= 0.3 is 6.09 Å². The fourth-order valence-corrected chi connectivity index (χ4v) is 3.30. The number of hydrogen-bond donors (Lipinski definition) is 3. The SMILES string of the molecule is CCNC(=NCC(NC(=O)OCC)C1CC1)NC1CCOc2ccccc21.I. The Morgan fingerprint density at radius 1 is 1.29 bits per heavy atom. The Balaban J connectivity index is 0.00000280. The zero-order valence-electron chi connectivity index (χ0n) is 16.6. The molecule has 1 aliphatic carbocycles. The number of guanidine groups is 1. The Hall–Kier alpha value is -1.71. The first-order valence-electron chi connectivity index (χ1n) is 9.91. The van der Waals surface area contributed by atoms with Crippen molar-refractivity contribution in [2.45, 2.75) is 45.2 Å². The maximum atomic E-state index is 11.8. The first kappa shape index (κ1) is 22.6. The molecule has 1 amide bonds. The van der Waals surface area contributed by atoms with E-state index in [0.29, 0.717) is 25.7 Å². The van der Waals surface area contributed by atoms with Crippen LogP contribution in [0.3, 0.4) is 0 Å². The Labute approximate surface area is 184 Å². The second-order valence-corrected chi connectivity index (χ2v) is 6.90. The summed E-state index contributed by atoms with van der Waals surface area (Å²) in [6, 6.07) is 8.28. The Morgan fingerprint density at radius 3 is 2.79 bits per heavy atom. The summed E-state index contributed by atoms with van der Waals surface area (Å²) in [5, 5.41) is 9.78. The molecule has 3 rings (SSSR count). The number of carbonyl (C=O) groups is 1. The maximum Gasteiger partial charge on any atom is 0.407 e. The maximum absolute atomic E-state index is 11.8. The molecule has 0 aromatic heterocycles. The van der Waals surface area contributed by atoms with Gasteiger partial charge < -0.3 is 25.4 Å². The molecule has 156 valence electrons. The van der Waals surface area contributed by atoms with E-state index in [2.05, 4.69) is 22.0 Å². The molecule has 1 aromatic rings. The lowest BCUT2D eigenvalue weighted by molar-refractivity contribution is 0.147. The van der Waals surface area contributed by atoms with Crippen molar-refractivity contribution >= 4 is 36.0 Å². The van der Waals surface area contributed by atoms with Crippen molar-refractivity contribution in [1.29, 1.82) is 0 Å². The fourth-order valence-electron chi connectivity index (χ4n) is 3.30. The topological polar surface area (TPSA) is 84.0 Å². The average Bonchev–Trinajstić information content (AvgIpc) is 3.51. The molecule has 1 heterocycles. The van der Waals surface area contributed by atoms with Gasteiger partial charge in [0.1, 0.15) is 5.75 Å². The molecule has 8 heteroatoms. The predicted octanol–water partition coefficient (Wildman–Crippen LogP) is 3.21. The summed E-state index contributed by atoms with van der Waals surface area (Å²) in [5.41, 5.74) is 1.15. The highest BCUT2D eigenvalue weighted by atomic mass is 127. The number of carbonyl (C=O) groups excluding carboxylic acids is 1. The minimum absolute atomic E-state index is 0. The standard InChI is InChI=1S/C20H30N4O3.HI/c1-3-21-19(22-13-17(14-9-10-14)24-20(25)26-4-2)23-16-11-12-27-18-8-6-5-7-15(16)18;/h5-8,14,16-17H,3-4,9-13H2,1-2H3,(H,24,25)(H2,21,22,23);1H. The second kappa shape index (κ2) is 11.3. The van der Waals surface area contributed by atoms with E-state index in [9.17, 15) is 4.79 Å². The summed E-state index contributed by atoms with van der Waals surface area (Å²) in [5.74, 6) is 2.18. The van der Waals surface area contributed by atoms with E-state index >= 15 is 0 Å². The summed E-state index contributed by atoms with van der Waals surface area (Å²) in [6.07, 6.45) is 2.78. The van der Waals surface area contributed by atoms with Crippen LogP contribution in [0, 0.1) is 5.92 Å². The normalized spacial score (nSPS) is 19.4. The predicted molar refractivity (Wildman–Crippen MR) is 120 cm³/mol. The molecular weight excluding hydrogens is 471 g/mol. The Bertz CT molecular complexity index is 667. The number of benzene rings is 1. The van der Waals surface area contributed by atoms with Gasteiger partial charge in [-0.2, -0.15) is 0 Å². The van der Waals surface area contributed by atoms with Crippen LogP contribution < -0.4 is 20.7 Å². The van der Waals surface area contributed by atoms with E-state index in [1.165, 1.54) is 0 Å². The first-order chi connectivity index (χ1) is 13.2. The number of fused-ring (bicyclic) bond motifs is 1. The van der Waals surface area contributed by atoms with Gasteiger partial charge in [0, 0.05) is 18.5 Å². The quantitative estimate of drug-likeness (QED) is 0.303.